The van der Waals surface area contributed by atoms with E-state index in [1.54, 1.807) is 0 Å². The number of rotatable bonds is 3. The van der Waals surface area contributed by atoms with E-state index in [1.807, 2.05) is 18.0 Å². The Morgan fingerprint density at radius 2 is 2.08 bits per heavy atom. The molecule has 6 nitrogen and oxygen atoms in total. The van der Waals surface area contributed by atoms with Crippen LogP contribution in [0.2, 0.25) is 0 Å². The smallest absolute Gasteiger partial charge is 0.267 e. The van der Waals surface area contributed by atoms with Crippen LogP contribution >= 0.6 is 11.5 Å². The van der Waals surface area contributed by atoms with Crippen LogP contribution < -0.4 is 0 Å². The fourth-order valence-corrected chi connectivity index (χ4v) is 4.16. The van der Waals surface area contributed by atoms with Gasteiger partial charge < -0.3 is 4.90 Å². The van der Waals surface area contributed by atoms with Crippen LogP contribution in [0.3, 0.4) is 0 Å². The van der Waals surface area contributed by atoms with Gasteiger partial charge in [0.05, 0.1) is 11.9 Å². The molecule has 0 aliphatic carbocycles. The molecule has 26 heavy (non-hydrogen) atoms. The lowest BCUT2D eigenvalue weighted by molar-refractivity contribution is 0.0710. The molecule has 1 atom stereocenters. The van der Waals surface area contributed by atoms with Gasteiger partial charge in [0, 0.05) is 30.3 Å². The molecule has 1 saturated heterocycles. The summed E-state index contributed by atoms with van der Waals surface area (Å²) in [5, 5.41) is 11.4. The lowest BCUT2D eigenvalue weighted by Crippen LogP contribution is -2.39. The highest BCUT2D eigenvalue weighted by Gasteiger charge is 2.29. The minimum Gasteiger partial charge on any atom is -0.337 e. The Labute approximate surface area is 156 Å². The second kappa shape index (κ2) is 6.99. The summed E-state index contributed by atoms with van der Waals surface area (Å²) in [6.45, 7) is 5.39. The zero-order valence-corrected chi connectivity index (χ0v) is 15.7. The number of carbonyl (C=O) groups is 1. The topological polar surface area (TPSA) is 74.8 Å². The maximum Gasteiger partial charge on any atom is 0.267 e. The molecule has 7 heteroatoms. The zero-order chi connectivity index (χ0) is 18.1. The average Bonchev–Trinajstić information content (AvgIpc) is 3.31. The molecule has 1 N–H and O–H groups in total. The van der Waals surface area contributed by atoms with Crippen LogP contribution in [0.5, 0.6) is 0 Å². The standard InChI is InChI=1S/C19H21N5OS/c1-12-5-7-14(8-6-12)16-10-20-22-17(16)15-4-3-9-24(11-15)19(25)18-13(2)21-23-26-18/h5-8,10,15H,3-4,9,11H2,1-2H3,(H,20,22)/t15-/m0/s1. The van der Waals surface area contributed by atoms with E-state index in [0.29, 0.717) is 17.1 Å². The van der Waals surface area contributed by atoms with E-state index in [2.05, 4.69) is 51.0 Å². The summed E-state index contributed by atoms with van der Waals surface area (Å²) in [5.74, 6) is 0.297. The molecule has 134 valence electrons. The van der Waals surface area contributed by atoms with Gasteiger partial charge in [-0.3, -0.25) is 9.89 Å². The summed E-state index contributed by atoms with van der Waals surface area (Å²) in [5.41, 5.74) is 5.35. The van der Waals surface area contributed by atoms with E-state index in [9.17, 15) is 4.79 Å². The van der Waals surface area contributed by atoms with Gasteiger partial charge in [-0.25, -0.2) is 0 Å². The van der Waals surface area contributed by atoms with Crippen LogP contribution in [0, 0.1) is 13.8 Å². The normalized spacial score (nSPS) is 17.5. The van der Waals surface area contributed by atoms with Crippen molar-refractivity contribution in [1.82, 2.24) is 24.7 Å². The van der Waals surface area contributed by atoms with Crippen LogP contribution in [-0.2, 0) is 0 Å². The number of hydrogen-bond acceptors (Lipinski definition) is 5. The number of carbonyl (C=O) groups excluding carboxylic acids is 1. The number of amides is 1. The molecular formula is C19H21N5OS. The molecule has 2 aromatic heterocycles. The number of aromatic nitrogens is 4. The van der Waals surface area contributed by atoms with E-state index in [4.69, 9.17) is 0 Å². The Balaban J connectivity index is 1.57. The Hall–Kier alpha value is -2.54. The SMILES string of the molecule is Cc1ccc(-c2cn[nH]c2[C@H]2CCCN(C(=O)c3snnc3C)C2)cc1. The molecule has 3 aromatic rings. The summed E-state index contributed by atoms with van der Waals surface area (Å²) >= 11 is 1.18. The molecule has 4 rings (SSSR count). The fraction of sp³-hybridized carbons (Fsp3) is 0.368. The summed E-state index contributed by atoms with van der Waals surface area (Å²) in [7, 11) is 0. The van der Waals surface area contributed by atoms with E-state index >= 15 is 0 Å². The third-order valence-electron chi connectivity index (χ3n) is 4.99. The minimum atomic E-state index is 0.0404. The van der Waals surface area contributed by atoms with Gasteiger partial charge in [0.15, 0.2) is 0 Å². The van der Waals surface area contributed by atoms with Gasteiger partial charge in [-0.2, -0.15) is 5.10 Å². The van der Waals surface area contributed by atoms with Crippen molar-refractivity contribution < 1.29 is 4.79 Å². The molecule has 1 aliphatic heterocycles. The first kappa shape index (κ1) is 16.9. The highest BCUT2D eigenvalue weighted by Crippen LogP contribution is 2.33. The second-order valence-electron chi connectivity index (χ2n) is 6.84. The van der Waals surface area contributed by atoms with Gasteiger partial charge in [-0.15, -0.1) is 5.10 Å². The molecule has 1 fully saturated rings. The second-order valence-corrected chi connectivity index (χ2v) is 7.60. The van der Waals surface area contributed by atoms with Crippen molar-refractivity contribution in [3.8, 4) is 11.1 Å². The average molecular weight is 367 g/mol. The Morgan fingerprint density at radius 3 is 2.81 bits per heavy atom. The fourth-order valence-electron chi connectivity index (χ4n) is 3.54. The number of benzene rings is 1. The minimum absolute atomic E-state index is 0.0404. The first-order valence-electron chi connectivity index (χ1n) is 8.82. The van der Waals surface area contributed by atoms with Crippen molar-refractivity contribution >= 4 is 17.4 Å². The quantitative estimate of drug-likeness (QED) is 0.768. The van der Waals surface area contributed by atoms with Crippen molar-refractivity contribution in [2.24, 2.45) is 0 Å². The molecule has 0 bridgehead atoms. The highest BCUT2D eigenvalue weighted by molar-refractivity contribution is 7.07. The number of likely N-dealkylation sites (tertiary alicyclic amines) is 1. The van der Waals surface area contributed by atoms with E-state index in [1.165, 1.54) is 17.1 Å². The van der Waals surface area contributed by atoms with E-state index in [0.717, 1.165) is 36.2 Å². The Bertz CT molecular complexity index is 914. The van der Waals surface area contributed by atoms with Gasteiger partial charge >= 0.3 is 0 Å². The number of H-pyrrole nitrogens is 1. The first-order valence-corrected chi connectivity index (χ1v) is 9.59. The monoisotopic (exact) mass is 367 g/mol. The predicted molar refractivity (Wildman–Crippen MR) is 101 cm³/mol. The molecule has 1 amide bonds. The summed E-state index contributed by atoms with van der Waals surface area (Å²) < 4.78 is 3.90. The molecule has 0 unspecified atom stereocenters. The van der Waals surface area contributed by atoms with E-state index < -0.39 is 0 Å². The van der Waals surface area contributed by atoms with Crippen molar-refractivity contribution in [3.05, 3.63) is 52.3 Å². The van der Waals surface area contributed by atoms with Gasteiger partial charge in [-0.1, -0.05) is 34.3 Å². The number of piperidine rings is 1. The van der Waals surface area contributed by atoms with Crippen LogP contribution in [0.4, 0.5) is 0 Å². The maximum absolute atomic E-state index is 12.8. The molecule has 1 aromatic carbocycles. The largest absolute Gasteiger partial charge is 0.337 e. The number of nitrogens with zero attached hydrogens (tertiary/aromatic N) is 4. The lowest BCUT2D eigenvalue weighted by atomic mass is 9.90. The molecule has 0 spiro atoms. The van der Waals surface area contributed by atoms with Crippen molar-refractivity contribution in [2.45, 2.75) is 32.6 Å². The lowest BCUT2D eigenvalue weighted by Gasteiger charge is -2.32. The van der Waals surface area contributed by atoms with E-state index in [-0.39, 0.29) is 11.8 Å². The summed E-state index contributed by atoms with van der Waals surface area (Å²) in [6.07, 6.45) is 3.91. The predicted octanol–water partition coefficient (Wildman–Crippen LogP) is 3.56. The summed E-state index contributed by atoms with van der Waals surface area (Å²) in [6, 6.07) is 8.48. The maximum atomic E-state index is 12.8. The summed E-state index contributed by atoms with van der Waals surface area (Å²) in [4.78, 5) is 15.4. The van der Waals surface area contributed by atoms with Crippen LogP contribution in [0.25, 0.3) is 11.1 Å². The van der Waals surface area contributed by atoms with Gasteiger partial charge in [0.2, 0.25) is 0 Å². The molecular weight excluding hydrogens is 346 g/mol. The number of aromatic amines is 1. The van der Waals surface area contributed by atoms with Gasteiger partial charge in [-0.05, 0) is 43.8 Å². The molecule has 1 aliphatic rings. The third kappa shape index (κ3) is 3.14. The molecule has 0 saturated carbocycles. The van der Waals surface area contributed by atoms with Gasteiger partial charge in [0.25, 0.3) is 5.91 Å². The van der Waals surface area contributed by atoms with Gasteiger partial charge in [0.1, 0.15) is 4.88 Å². The Kier molecular flexibility index (Phi) is 4.55. The Morgan fingerprint density at radius 1 is 1.27 bits per heavy atom. The van der Waals surface area contributed by atoms with Crippen molar-refractivity contribution in [1.29, 1.82) is 0 Å². The van der Waals surface area contributed by atoms with Crippen LogP contribution in [0.15, 0.2) is 30.5 Å². The highest BCUT2D eigenvalue weighted by atomic mass is 32.1. The van der Waals surface area contributed by atoms with Crippen LogP contribution in [-0.4, -0.2) is 43.7 Å². The number of aryl methyl sites for hydroxylation is 2. The number of nitrogens with one attached hydrogen (secondary N) is 1. The van der Waals surface area contributed by atoms with Crippen molar-refractivity contribution in [3.63, 3.8) is 0 Å². The first-order chi connectivity index (χ1) is 12.6. The molecule has 0 radical (unpaired) electrons. The van der Waals surface area contributed by atoms with Crippen molar-refractivity contribution in [2.75, 3.05) is 13.1 Å². The number of hydrogen-bond donors (Lipinski definition) is 1. The molecule has 3 heterocycles. The third-order valence-corrected chi connectivity index (χ3v) is 5.81. The van der Waals surface area contributed by atoms with Crippen LogP contribution in [0.1, 0.15) is 45.4 Å². The zero-order valence-electron chi connectivity index (χ0n) is 14.9.